The summed E-state index contributed by atoms with van der Waals surface area (Å²) in [4.78, 5) is 2.19. The number of nitrogens with one attached hydrogen (secondary N) is 1. The van der Waals surface area contributed by atoms with E-state index in [0.717, 1.165) is 18.8 Å². The van der Waals surface area contributed by atoms with Crippen molar-refractivity contribution in [1.29, 1.82) is 5.41 Å². The maximum atomic E-state index is 9.88. The third-order valence-electron chi connectivity index (χ3n) is 3.05. The van der Waals surface area contributed by atoms with Crippen molar-refractivity contribution in [3.05, 3.63) is 23.6 Å². The molecule has 0 saturated carbocycles. The van der Waals surface area contributed by atoms with Crippen LogP contribution < -0.4 is 0 Å². The van der Waals surface area contributed by atoms with Gasteiger partial charge in [-0.2, -0.15) is 0 Å². The first kappa shape index (κ1) is 11.8. The number of allylic oxidation sites excluding steroid dienone is 3. The molecule has 1 aliphatic carbocycles. The van der Waals surface area contributed by atoms with Gasteiger partial charge in [0.1, 0.15) is 5.76 Å². The first-order chi connectivity index (χ1) is 7.07. The maximum Gasteiger partial charge on any atom is 0.106 e. The summed E-state index contributed by atoms with van der Waals surface area (Å²) in [5, 5.41) is 17.2. The van der Waals surface area contributed by atoms with Crippen molar-refractivity contribution in [2.75, 3.05) is 13.1 Å². The Hall–Kier alpha value is -1.25. The van der Waals surface area contributed by atoms with Crippen LogP contribution in [0.5, 0.6) is 0 Å². The van der Waals surface area contributed by atoms with E-state index in [1.165, 1.54) is 6.21 Å². The molecule has 0 aromatic carbocycles. The van der Waals surface area contributed by atoms with E-state index in [9.17, 15) is 5.11 Å². The molecule has 0 fully saturated rings. The Balaban J connectivity index is 2.89. The van der Waals surface area contributed by atoms with Crippen molar-refractivity contribution in [3.63, 3.8) is 0 Å². The molecule has 0 aromatic heterocycles. The van der Waals surface area contributed by atoms with Gasteiger partial charge in [0.15, 0.2) is 0 Å². The second kappa shape index (κ2) is 4.51. The lowest BCUT2D eigenvalue weighted by Gasteiger charge is -2.31. The molecule has 3 nitrogen and oxygen atoms in total. The van der Waals surface area contributed by atoms with E-state index < -0.39 is 5.41 Å². The van der Waals surface area contributed by atoms with Crippen molar-refractivity contribution >= 4 is 6.21 Å². The molecular formula is C12H20N2O. The van der Waals surface area contributed by atoms with Gasteiger partial charge < -0.3 is 15.4 Å². The van der Waals surface area contributed by atoms with Crippen molar-refractivity contribution in [1.82, 2.24) is 4.90 Å². The number of aliphatic hydroxyl groups is 1. The molecule has 0 aliphatic heterocycles. The fraction of sp³-hybridized carbons (Fsp3) is 0.583. The summed E-state index contributed by atoms with van der Waals surface area (Å²) in [7, 11) is 0. The molecule has 0 heterocycles. The number of hydrogen-bond acceptors (Lipinski definition) is 3. The number of hydrogen-bond donors (Lipinski definition) is 2. The van der Waals surface area contributed by atoms with Gasteiger partial charge in [-0.25, -0.2) is 0 Å². The van der Waals surface area contributed by atoms with Crippen molar-refractivity contribution in [3.8, 4) is 0 Å². The quantitative estimate of drug-likeness (QED) is 0.698. The molecule has 1 unspecified atom stereocenters. The van der Waals surface area contributed by atoms with Crippen molar-refractivity contribution in [2.45, 2.75) is 27.2 Å². The van der Waals surface area contributed by atoms with E-state index in [2.05, 4.69) is 24.8 Å². The summed E-state index contributed by atoms with van der Waals surface area (Å²) in [6, 6.07) is 0. The minimum absolute atomic E-state index is 0.293. The molecule has 0 aromatic rings. The van der Waals surface area contributed by atoms with Crippen LogP contribution in [0.4, 0.5) is 0 Å². The normalized spacial score (nSPS) is 25.5. The minimum atomic E-state index is -0.503. The molecule has 0 saturated heterocycles. The molecule has 0 spiro atoms. The lowest BCUT2D eigenvalue weighted by atomic mass is 9.82. The highest BCUT2D eigenvalue weighted by atomic mass is 16.3. The molecule has 2 N–H and O–H groups in total. The zero-order valence-corrected chi connectivity index (χ0v) is 9.75. The Morgan fingerprint density at radius 3 is 2.53 bits per heavy atom. The molecule has 0 radical (unpaired) electrons. The molecule has 3 heteroatoms. The Labute approximate surface area is 91.6 Å². The third kappa shape index (κ3) is 2.22. The van der Waals surface area contributed by atoms with Crippen LogP contribution in [0.1, 0.15) is 27.2 Å². The van der Waals surface area contributed by atoms with E-state index in [0.29, 0.717) is 12.2 Å². The van der Waals surface area contributed by atoms with Gasteiger partial charge in [-0.05, 0) is 33.3 Å². The molecule has 1 atom stereocenters. The van der Waals surface area contributed by atoms with Gasteiger partial charge in [-0.3, -0.25) is 0 Å². The molecular weight excluding hydrogens is 188 g/mol. The van der Waals surface area contributed by atoms with E-state index in [1.807, 2.05) is 6.92 Å². The Morgan fingerprint density at radius 1 is 1.53 bits per heavy atom. The molecule has 1 aliphatic rings. The molecule has 84 valence electrons. The molecule has 0 bridgehead atoms. The van der Waals surface area contributed by atoms with Crippen LogP contribution in [-0.4, -0.2) is 29.3 Å². The van der Waals surface area contributed by atoms with Gasteiger partial charge >= 0.3 is 0 Å². The van der Waals surface area contributed by atoms with Crippen molar-refractivity contribution in [2.24, 2.45) is 5.41 Å². The molecule has 1 rings (SSSR count). The monoisotopic (exact) mass is 208 g/mol. The molecule has 0 amide bonds. The maximum absolute atomic E-state index is 9.88. The zero-order valence-electron chi connectivity index (χ0n) is 9.75. The topological polar surface area (TPSA) is 47.3 Å². The molecule has 15 heavy (non-hydrogen) atoms. The first-order valence-corrected chi connectivity index (χ1v) is 5.45. The van der Waals surface area contributed by atoms with Gasteiger partial charge in [-0.15, -0.1) is 0 Å². The average molecular weight is 208 g/mol. The van der Waals surface area contributed by atoms with E-state index in [4.69, 9.17) is 5.41 Å². The van der Waals surface area contributed by atoms with E-state index >= 15 is 0 Å². The Kier molecular flexibility index (Phi) is 3.56. The van der Waals surface area contributed by atoms with Crippen LogP contribution in [0.15, 0.2) is 23.6 Å². The van der Waals surface area contributed by atoms with Crippen molar-refractivity contribution < 1.29 is 5.11 Å². The lowest BCUT2D eigenvalue weighted by molar-refractivity contribution is 0.291. The average Bonchev–Trinajstić information content (AvgIpc) is 2.25. The SMILES string of the molecule is CCN(CC)C1=CCC(C)(C=N)C(O)=C1. The van der Waals surface area contributed by atoms with Crippen LogP contribution in [0.25, 0.3) is 0 Å². The van der Waals surface area contributed by atoms with Gasteiger partial charge in [-0.1, -0.05) is 6.08 Å². The Bertz CT molecular complexity index is 303. The van der Waals surface area contributed by atoms with E-state index in [1.54, 1.807) is 6.08 Å². The second-order valence-electron chi connectivity index (χ2n) is 4.10. The Morgan fingerprint density at radius 2 is 2.13 bits per heavy atom. The standard InChI is InChI=1S/C12H20N2O/c1-4-14(5-2)10-6-7-12(3,9-13)11(15)8-10/h6,8-9,13,15H,4-5,7H2,1-3H3. The summed E-state index contributed by atoms with van der Waals surface area (Å²) in [5.74, 6) is 0.293. The first-order valence-electron chi connectivity index (χ1n) is 5.45. The number of likely N-dealkylation sites (N-methyl/N-ethyl adjacent to an activating group) is 1. The van der Waals surface area contributed by atoms with Crippen LogP contribution in [0.2, 0.25) is 0 Å². The third-order valence-corrected chi connectivity index (χ3v) is 3.05. The van der Waals surface area contributed by atoms with Gasteiger partial charge in [0.05, 0.1) is 5.41 Å². The number of rotatable bonds is 4. The second-order valence-corrected chi connectivity index (χ2v) is 4.10. The van der Waals surface area contributed by atoms with Gasteiger partial charge in [0.2, 0.25) is 0 Å². The predicted octanol–water partition coefficient (Wildman–Crippen LogP) is 2.71. The smallest absolute Gasteiger partial charge is 0.106 e. The lowest BCUT2D eigenvalue weighted by Crippen LogP contribution is -2.28. The van der Waals surface area contributed by atoms with E-state index in [-0.39, 0.29) is 0 Å². The van der Waals surface area contributed by atoms with Crippen LogP contribution in [0, 0.1) is 10.8 Å². The largest absolute Gasteiger partial charge is 0.511 e. The summed E-state index contributed by atoms with van der Waals surface area (Å²) in [5.41, 5.74) is 0.563. The van der Waals surface area contributed by atoms with Crippen LogP contribution in [0.3, 0.4) is 0 Å². The predicted molar refractivity (Wildman–Crippen MR) is 63.2 cm³/mol. The highest BCUT2D eigenvalue weighted by Crippen LogP contribution is 2.33. The summed E-state index contributed by atoms with van der Waals surface area (Å²) >= 11 is 0. The fourth-order valence-electron chi connectivity index (χ4n) is 1.73. The highest BCUT2D eigenvalue weighted by Gasteiger charge is 2.29. The minimum Gasteiger partial charge on any atom is -0.511 e. The summed E-state index contributed by atoms with van der Waals surface area (Å²) < 4.78 is 0. The zero-order chi connectivity index (χ0) is 11.5. The van der Waals surface area contributed by atoms with Crippen LogP contribution >= 0.6 is 0 Å². The van der Waals surface area contributed by atoms with Gasteiger partial charge in [0.25, 0.3) is 0 Å². The number of aliphatic hydroxyl groups excluding tert-OH is 1. The van der Waals surface area contributed by atoms with Crippen LogP contribution in [-0.2, 0) is 0 Å². The number of nitrogens with zero attached hydrogens (tertiary/aromatic N) is 1. The fourth-order valence-corrected chi connectivity index (χ4v) is 1.73. The highest BCUT2D eigenvalue weighted by molar-refractivity contribution is 5.67. The summed E-state index contributed by atoms with van der Waals surface area (Å²) in [6.45, 7) is 7.95. The summed E-state index contributed by atoms with van der Waals surface area (Å²) in [6.07, 6.45) is 5.89. The van der Waals surface area contributed by atoms with Gasteiger partial charge in [0, 0.05) is 25.0 Å².